The molecule has 0 unspecified atom stereocenters. The van der Waals surface area contributed by atoms with Crippen LogP contribution in [0.1, 0.15) is 74.1 Å². The van der Waals surface area contributed by atoms with Crippen LogP contribution in [0.3, 0.4) is 0 Å². The summed E-state index contributed by atoms with van der Waals surface area (Å²) in [6.45, 7) is 3.63. The quantitative estimate of drug-likeness (QED) is 0.353. The first-order chi connectivity index (χ1) is 15.4. The fourth-order valence-electron chi connectivity index (χ4n) is 4.81. The van der Waals surface area contributed by atoms with Crippen molar-refractivity contribution in [2.24, 2.45) is 0 Å². The van der Waals surface area contributed by atoms with Crippen LogP contribution in [-0.2, 0) is 22.6 Å². The van der Waals surface area contributed by atoms with E-state index in [0.717, 1.165) is 58.0 Å². The van der Waals surface area contributed by atoms with Crippen molar-refractivity contribution in [2.45, 2.75) is 74.5 Å². The topological polar surface area (TPSA) is 27.0 Å². The summed E-state index contributed by atoms with van der Waals surface area (Å²) in [6.07, 6.45) is 10.2. The molecule has 0 aliphatic heterocycles. The molecule has 0 spiro atoms. The van der Waals surface area contributed by atoms with Gasteiger partial charge in [0.1, 0.15) is 0 Å². The van der Waals surface area contributed by atoms with Gasteiger partial charge in [-0.1, -0.05) is 48.5 Å². The minimum absolute atomic E-state index is 0.151. The first-order valence-corrected chi connectivity index (χ1v) is 12.7. The second-order valence-corrected chi connectivity index (χ2v) is 10.8. The van der Waals surface area contributed by atoms with Gasteiger partial charge in [0.2, 0.25) is 0 Å². The molecule has 4 rings (SSSR count). The summed E-state index contributed by atoms with van der Waals surface area (Å²) in [5.74, 6) is 0. The van der Waals surface area contributed by atoms with Crippen LogP contribution in [0.2, 0.25) is 0 Å². The van der Waals surface area contributed by atoms with Gasteiger partial charge in [-0.15, -0.1) is 23.2 Å². The van der Waals surface area contributed by atoms with Crippen molar-refractivity contribution in [3.8, 4) is 6.07 Å². The monoisotopic (exact) mass is 470 g/mol. The van der Waals surface area contributed by atoms with Crippen LogP contribution in [-0.4, -0.2) is 25.0 Å². The fourth-order valence-corrected chi connectivity index (χ4v) is 5.70. The number of nitriles is 1. The molecule has 2 nitrogen and oxygen atoms in total. The van der Waals surface area contributed by atoms with E-state index < -0.39 is 0 Å². The number of hydrogen-bond acceptors (Lipinski definition) is 2. The average molecular weight is 472 g/mol. The van der Waals surface area contributed by atoms with Crippen molar-refractivity contribution in [3.63, 3.8) is 0 Å². The van der Waals surface area contributed by atoms with Crippen molar-refractivity contribution in [1.29, 1.82) is 5.26 Å². The molecule has 0 aromatic heterocycles. The van der Waals surface area contributed by atoms with Gasteiger partial charge < -0.3 is 4.90 Å². The van der Waals surface area contributed by atoms with Gasteiger partial charge in [-0.25, -0.2) is 0 Å². The first kappa shape index (κ1) is 25.1. The summed E-state index contributed by atoms with van der Waals surface area (Å²) in [6, 6.07) is 19.2. The Hall–Kier alpha value is -1.53. The summed E-state index contributed by atoms with van der Waals surface area (Å²) < 4.78 is 0. The number of hydrogen-bond donors (Lipinski definition) is 0. The third kappa shape index (κ3) is 6.07. The van der Waals surface area contributed by atoms with Gasteiger partial charge in [-0.2, -0.15) is 5.26 Å². The maximum Gasteiger partial charge on any atom is 0.0697 e. The molecule has 172 valence electrons. The third-order valence-corrected chi connectivity index (χ3v) is 8.19. The van der Waals surface area contributed by atoms with Gasteiger partial charge in [0.15, 0.2) is 0 Å². The lowest BCUT2D eigenvalue weighted by atomic mass is 9.71. The summed E-state index contributed by atoms with van der Waals surface area (Å²) in [7, 11) is 2.24. The molecule has 2 aromatic carbocycles. The highest BCUT2D eigenvalue weighted by Crippen LogP contribution is 2.53. The van der Waals surface area contributed by atoms with Crippen molar-refractivity contribution in [1.82, 2.24) is 4.90 Å². The van der Waals surface area contributed by atoms with Gasteiger partial charge in [-0.3, -0.25) is 0 Å². The Morgan fingerprint density at radius 1 is 0.844 bits per heavy atom. The standard InChI is InChI=1S/C26H33Cl2N.C2H3N/c1-29(20-14-21-9-3-2-4-10-21)19-6-11-22-23(25(27)15-7-16-25)12-5-13-24(22)26(28)17-8-18-26;1-2-3/h2-5,9-10,12-13H,6-8,11,14-20H2,1H3;1H3. The highest BCUT2D eigenvalue weighted by molar-refractivity contribution is 6.25. The zero-order chi connectivity index (χ0) is 23.0. The molecular weight excluding hydrogens is 435 g/mol. The van der Waals surface area contributed by atoms with Gasteiger partial charge in [-0.05, 0) is 93.6 Å². The van der Waals surface area contributed by atoms with E-state index in [1.165, 1.54) is 42.0 Å². The van der Waals surface area contributed by atoms with Crippen molar-refractivity contribution in [2.75, 3.05) is 20.1 Å². The Bertz CT molecular complexity index is 857. The Balaban J connectivity index is 0.000000913. The third-order valence-electron chi connectivity index (χ3n) is 7.03. The molecule has 2 aromatic rings. The lowest BCUT2D eigenvalue weighted by molar-refractivity contribution is 0.328. The maximum absolute atomic E-state index is 7.32. The molecule has 0 bridgehead atoms. The molecular formula is C28H36Cl2N2. The van der Waals surface area contributed by atoms with E-state index in [2.05, 4.69) is 60.5 Å². The van der Waals surface area contributed by atoms with E-state index in [9.17, 15) is 0 Å². The number of nitrogens with zero attached hydrogens (tertiary/aromatic N) is 2. The molecule has 0 heterocycles. The van der Waals surface area contributed by atoms with Gasteiger partial charge in [0.05, 0.1) is 15.8 Å². The zero-order valence-corrected chi connectivity index (χ0v) is 21.1. The molecule has 2 fully saturated rings. The number of alkyl halides is 2. The van der Waals surface area contributed by atoms with Crippen molar-refractivity contribution < 1.29 is 0 Å². The molecule has 2 saturated carbocycles. The summed E-state index contributed by atoms with van der Waals surface area (Å²) in [4.78, 5) is 2.15. The number of benzene rings is 2. The van der Waals surface area contributed by atoms with E-state index in [0.29, 0.717) is 0 Å². The van der Waals surface area contributed by atoms with Crippen molar-refractivity contribution >= 4 is 23.2 Å². The lowest BCUT2D eigenvalue weighted by Crippen LogP contribution is -2.33. The number of likely N-dealkylation sites (N-methyl/N-ethyl adjacent to an activating group) is 1. The van der Waals surface area contributed by atoms with E-state index in [-0.39, 0.29) is 9.75 Å². The highest BCUT2D eigenvalue weighted by atomic mass is 35.5. The van der Waals surface area contributed by atoms with Crippen LogP contribution in [0.4, 0.5) is 0 Å². The summed E-state index contributed by atoms with van der Waals surface area (Å²) in [5, 5.41) is 7.32. The van der Waals surface area contributed by atoms with E-state index >= 15 is 0 Å². The minimum Gasteiger partial charge on any atom is -0.306 e. The predicted molar refractivity (Wildman–Crippen MR) is 136 cm³/mol. The molecule has 0 atom stereocenters. The smallest absolute Gasteiger partial charge is 0.0697 e. The minimum atomic E-state index is -0.151. The molecule has 2 aliphatic rings. The zero-order valence-electron chi connectivity index (χ0n) is 19.5. The van der Waals surface area contributed by atoms with Crippen LogP contribution in [0.5, 0.6) is 0 Å². The molecule has 4 heteroatoms. The summed E-state index contributed by atoms with van der Waals surface area (Å²) in [5.41, 5.74) is 5.59. The number of halogens is 2. The van der Waals surface area contributed by atoms with E-state index in [1.54, 1.807) is 6.07 Å². The fraction of sp³-hybridized carbons (Fsp3) is 0.536. The molecule has 32 heavy (non-hydrogen) atoms. The normalized spacial score (nSPS) is 18.0. The predicted octanol–water partition coefficient (Wildman–Crippen LogP) is 7.56. The second-order valence-electron chi connectivity index (χ2n) is 9.34. The Kier molecular flexibility index (Phi) is 9.06. The molecule has 0 saturated heterocycles. The maximum atomic E-state index is 7.32. The molecule has 2 aliphatic carbocycles. The van der Waals surface area contributed by atoms with Crippen LogP contribution >= 0.6 is 23.2 Å². The lowest BCUT2D eigenvalue weighted by Gasteiger charge is -2.42. The van der Waals surface area contributed by atoms with E-state index in [4.69, 9.17) is 28.5 Å². The summed E-state index contributed by atoms with van der Waals surface area (Å²) >= 11 is 14.1. The average Bonchev–Trinajstić information content (AvgIpc) is 2.76. The largest absolute Gasteiger partial charge is 0.306 e. The Morgan fingerprint density at radius 2 is 1.38 bits per heavy atom. The Morgan fingerprint density at radius 3 is 1.84 bits per heavy atom. The Labute approximate surface area is 204 Å². The molecule has 0 N–H and O–H groups in total. The van der Waals surface area contributed by atoms with E-state index in [1.807, 2.05) is 0 Å². The molecule has 0 amide bonds. The van der Waals surface area contributed by atoms with Crippen LogP contribution in [0.25, 0.3) is 0 Å². The van der Waals surface area contributed by atoms with Crippen molar-refractivity contribution in [3.05, 3.63) is 70.8 Å². The second kappa shape index (κ2) is 11.6. The molecule has 0 radical (unpaired) electrons. The van der Waals surface area contributed by atoms with Gasteiger partial charge in [0, 0.05) is 13.5 Å². The van der Waals surface area contributed by atoms with Crippen LogP contribution in [0, 0.1) is 11.3 Å². The SMILES string of the molecule is CC#N.CN(CCCc1c(C2(Cl)CCC2)cccc1C1(Cl)CCC1)CCc1ccccc1. The highest BCUT2D eigenvalue weighted by Gasteiger charge is 2.42. The van der Waals surface area contributed by atoms with Crippen LogP contribution < -0.4 is 0 Å². The van der Waals surface area contributed by atoms with Gasteiger partial charge in [0.25, 0.3) is 0 Å². The first-order valence-electron chi connectivity index (χ1n) is 12.0. The van der Waals surface area contributed by atoms with Gasteiger partial charge >= 0.3 is 0 Å². The van der Waals surface area contributed by atoms with Crippen LogP contribution in [0.15, 0.2) is 48.5 Å². The number of rotatable bonds is 9.